The predicted octanol–water partition coefficient (Wildman–Crippen LogP) is 4.81. The quantitative estimate of drug-likeness (QED) is 0.742. The van der Waals surface area contributed by atoms with Crippen molar-refractivity contribution in [2.45, 2.75) is 58.1 Å². The van der Waals surface area contributed by atoms with Gasteiger partial charge in [-0.1, -0.05) is 43.9 Å². The Balaban J connectivity index is 1.43. The molecule has 1 aliphatic carbocycles. The van der Waals surface area contributed by atoms with E-state index >= 15 is 0 Å². The molecule has 0 radical (unpaired) electrons. The van der Waals surface area contributed by atoms with Gasteiger partial charge in [0.05, 0.1) is 6.04 Å². The SMILES string of the molecule is CC(NC(=O)CCC1CCCC1)c1ccc(OCc2cccnc2)cc1. The highest BCUT2D eigenvalue weighted by Gasteiger charge is 2.17. The van der Waals surface area contributed by atoms with E-state index in [2.05, 4.69) is 10.3 Å². The summed E-state index contributed by atoms with van der Waals surface area (Å²) in [5.41, 5.74) is 2.13. The summed E-state index contributed by atoms with van der Waals surface area (Å²) in [5.74, 6) is 1.73. The Bertz CT molecular complexity index is 679. The number of rotatable bonds is 8. The van der Waals surface area contributed by atoms with Crippen molar-refractivity contribution in [2.24, 2.45) is 5.92 Å². The Morgan fingerprint density at radius 2 is 2.00 bits per heavy atom. The van der Waals surface area contributed by atoms with Crippen molar-refractivity contribution in [1.82, 2.24) is 10.3 Å². The van der Waals surface area contributed by atoms with Gasteiger partial charge >= 0.3 is 0 Å². The molecule has 1 aromatic heterocycles. The molecule has 1 aromatic carbocycles. The van der Waals surface area contributed by atoms with E-state index in [4.69, 9.17) is 4.74 Å². The number of nitrogens with zero attached hydrogens (tertiary/aromatic N) is 1. The third-order valence-corrected chi connectivity index (χ3v) is 5.14. The standard InChI is InChI=1S/C22H28N2O2/c1-17(24-22(25)13-8-18-5-2-3-6-18)20-9-11-21(12-10-20)26-16-19-7-4-14-23-15-19/h4,7,9-12,14-15,17-18H,2-3,5-6,8,13,16H2,1H3,(H,24,25). The van der Waals surface area contributed by atoms with Gasteiger partial charge in [-0.3, -0.25) is 9.78 Å². The van der Waals surface area contributed by atoms with Crippen molar-refractivity contribution in [3.05, 3.63) is 59.9 Å². The van der Waals surface area contributed by atoms with Gasteiger partial charge < -0.3 is 10.1 Å². The smallest absolute Gasteiger partial charge is 0.220 e. The van der Waals surface area contributed by atoms with E-state index in [0.717, 1.165) is 29.2 Å². The van der Waals surface area contributed by atoms with Crippen LogP contribution in [0.3, 0.4) is 0 Å². The number of aromatic nitrogens is 1. The first-order valence-corrected chi connectivity index (χ1v) is 9.62. The monoisotopic (exact) mass is 352 g/mol. The van der Waals surface area contributed by atoms with Crippen molar-refractivity contribution in [2.75, 3.05) is 0 Å². The molecule has 1 heterocycles. The topological polar surface area (TPSA) is 51.2 Å². The van der Waals surface area contributed by atoms with Crippen LogP contribution in [0.15, 0.2) is 48.8 Å². The average molecular weight is 352 g/mol. The van der Waals surface area contributed by atoms with Crippen molar-refractivity contribution in [1.29, 1.82) is 0 Å². The second-order valence-corrected chi connectivity index (χ2v) is 7.20. The largest absolute Gasteiger partial charge is 0.489 e. The van der Waals surface area contributed by atoms with Crippen LogP contribution in [0.4, 0.5) is 0 Å². The summed E-state index contributed by atoms with van der Waals surface area (Å²) in [6, 6.07) is 11.8. The summed E-state index contributed by atoms with van der Waals surface area (Å²) >= 11 is 0. The van der Waals surface area contributed by atoms with Gasteiger partial charge in [-0.2, -0.15) is 0 Å². The minimum Gasteiger partial charge on any atom is -0.489 e. The van der Waals surface area contributed by atoms with Gasteiger partial charge in [0.2, 0.25) is 5.91 Å². The third kappa shape index (κ3) is 5.58. The number of ether oxygens (including phenoxy) is 1. The van der Waals surface area contributed by atoms with Gasteiger partial charge in [-0.05, 0) is 43.0 Å². The fraction of sp³-hybridized carbons (Fsp3) is 0.455. The molecule has 1 atom stereocenters. The van der Waals surface area contributed by atoms with Crippen LogP contribution in [0, 0.1) is 5.92 Å². The van der Waals surface area contributed by atoms with E-state index in [0.29, 0.717) is 13.0 Å². The highest BCUT2D eigenvalue weighted by atomic mass is 16.5. The lowest BCUT2D eigenvalue weighted by atomic mass is 10.0. The Labute approximate surface area is 156 Å². The van der Waals surface area contributed by atoms with Crippen LogP contribution in [0.25, 0.3) is 0 Å². The van der Waals surface area contributed by atoms with Crippen LogP contribution in [0.1, 0.15) is 62.6 Å². The van der Waals surface area contributed by atoms with Gasteiger partial charge in [-0.25, -0.2) is 0 Å². The van der Waals surface area contributed by atoms with E-state index < -0.39 is 0 Å². The number of benzene rings is 1. The van der Waals surface area contributed by atoms with E-state index in [1.54, 1.807) is 12.4 Å². The molecule has 2 aromatic rings. The van der Waals surface area contributed by atoms with Crippen LogP contribution in [0.5, 0.6) is 5.75 Å². The molecule has 0 saturated heterocycles. The molecule has 1 saturated carbocycles. The van der Waals surface area contributed by atoms with Crippen LogP contribution in [-0.4, -0.2) is 10.9 Å². The van der Waals surface area contributed by atoms with Gasteiger partial charge in [0, 0.05) is 24.4 Å². The molecule has 1 amide bonds. The summed E-state index contributed by atoms with van der Waals surface area (Å²) in [7, 11) is 0. The van der Waals surface area contributed by atoms with Gasteiger partial charge in [0.25, 0.3) is 0 Å². The number of carbonyl (C=O) groups excluding carboxylic acids is 1. The van der Waals surface area contributed by atoms with Crippen LogP contribution in [0.2, 0.25) is 0 Å². The number of amides is 1. The summed E-state index contributed by atoms with van der Waals surface area (Å²) in [4.78, 5) is 16.2. The molecule has 1 fully saturated rings. The maximum absolute atomic E-state index is 12.2. The second kappa shape index (κ2) is 9.37. The molecule has 4 heteroatoms. The highest BCUT2D eigenvalue weighted by Crippen LogP contribution is 2.28. The van der Waals surface area contributed by atoms with E-state index in [-0.39, 0.29) is 11.9 Å². The Morgan fingerprint density at radius 1 is 1.23 bits per heavy atom. The molecule has 26 heavy (non-hydrogen) atoms. The first kappa shape index (κ1) is 18.4. The average Bonchev–Trinajstić information content (AvgIpc) is 3.19. The van der Waals surface area contributed by atoms with Gasteiger partial charge in [0.1, 0.15) is 12.4 Å². The Hall–Kier alpha value is -2.36. The molecule has 3 rings (SSSR count). The van der Waals surface area contributed by atoms with E-state index in [1.165, 1.54) is 25.7 Å². The zero-order chi connectivity index (χ0) is 18.2. The predicted molar refractivity (Wildman–Crippen MR) is 103 cm³/mol. The molecule has 0 spiro atoms. The molecular formula is C22H28N2O2. The van der Waals surface area contributed by atoms with E-state index in [1.807, 2.05) is 43.3 Å². The summed E-state index contributed by atoms with van der Waals surface area (Å²) in [5, 5.41) is 3.11. The fourth-order valence-corrected chi connectivity index (χ4v) is 3.53. The maximum atomic E-state index is 12.2. The Kier molecular flexibility index (Phi) is 6.64. The first-order valence-electron chi connectivity index (χ1n) is 9.62. The first-order chi connectivity index (χ1) is 12.7. The second-order valence-electron chi connectivity index (χ2n) is 7.20. The van der Waals surface area contributed by atoms with Crippen LogP contribution in [-0.2, 0) is 11.4 Å². The number of carbonyl (C=O) groups is 1. The lowest BCUT2D eigenvalue weighted by Gasteiger charge is -2.16. The summed E-state index contributed by atoms with van der Waals surface area (Å²) in [6.45, 7) is 2.53. The van der Waals surface area contributed by atoms with Gasteiger partial charge in [0.15, 0.2) is 0 Å². The summed E-state index contributed by atoms with van der Waals surface area (Å²) < 4.78 is 5.78. The van der Waals surface area contributed by atoms with Gasteiger partial charge in [-0.15, -0.1) is 0 Å². The van der Waals surface area contributed by atoms with Crippen molar-refractivity contribution in [3.8, 4) is 5.75 Å². The lowest BCUT2D eigenvalue weighted by molar-refractivity contribution is -0.122. The number of pyridine rings is 1. The molecule has 1 unspecified atom stereocenters. The van der Waals surface area contributed by atoms with E-state index in [9.17, 15) is 4.79 Å². The molecule has 4 nitrogen and oxygen atoms in total. The minimum absolute atomic E-state index is 0.0125. The summed E-state index contributed by atoms with van der Waals surface area (Å²) in [6.07, 6.45) is 10.5. The minimum atomic E-state index is 0.0125. The molecule has 1 N–H and O–H groups in total. The zero-order valence-corrected chi connectivity index (χ0v) is 15.5. The van der Waals surface area contributed by atoms with Crippen molar-refractivity contribution >= 4 is 5.91 Å². The van der Waals surface area contributed by atoms with Crippen molar-refractivity contribution < 1.29 is 9.53 Å². The lowest BCUT2D eigenvalue weighted by Crippen LogP contribution is -2.26. The Morgan fingerprint density at radius 3 is 2.69 bits per heavy atom. The third-order valence-electron chi connectivity index (χ3n) is 5.14. The molecule has 0 aliphatic heterocycles. The fourth-order valence-electron chi connectivity index (χ4n) is 3.53. The number of hydrogen-bond acceptors (Lipinski definition) is 3. The number of hydrogen-bond donors (Lipinski definition) is 1. The zero-order valence-electron chi connectivity index (χ0n) is 15.5. The normalized spacial score (nSPS) is 15.6. The molecule has 138 valence electrons. The molecular weight excluding hydrogens is 324 g/mol. The maximum Gasteiger partial charge on any atom is 0.220 e. The van der Waals surface area contributed by atoms with Crippen LogP contribution < -0.4 is 10.1 Å². The van der Waals surface area contributed by atoms with Crippen molar-refractivity contribution in [3.63, 3.8) is 0 Å². The number of nitrogens with one attached hydrogen (secondary N) is 1. The molecule has 1 aliphatic rings. The highest BCUT2D eigenvalue weighted by molar-refractivity contribution is 5.76. The van der Waals surface area contributed by atoms with Crippen LogP contribution >= 0.6 is 0 Å². The molecule has 0 bridgehead atoms.